The summed E-state index contributed by atoms with van der Waals surface area (Å²) in [6.45, 7) is 6.82. The van der Waals surface area contributed by atoms with E-state index in [9.17, 15) is 0 Å². The average Bonchev–Trinajstić information content (AvgIpc) is 3.13. The van der Waals surface area contributed by atoms with Crippen LogP contribution in [0.25, 0.3) is 10.2 Å². The molecule has 1 unspecified atom stereocenters. The fraction of sp³-hybridized carbons (Fsp3) is 0.625. The van der Waals surface area contributed by atoms with Gasteiger partial charge in [0.05, 0.1) is 5.39 Å². The van der Waals surface area contributed by atoms with Gasteiger partial charge in [0.15, 0.2) is 0 Å². The first-order chi connectivity index (χ1) is 10.3. The minimum absolute atomic E-state index is 0.471. The molecule has 2 aliphatic rings. The van der Waals surface area contributed by atoms with Gasteiger partial charge in [0, 0.05) is 29.9 Å². The Morgan fingerprint density at radius 2 is 2.33 bits per heavy atom. The lowest BCUT2D eigenvalue weighted by molar-refractivity contribution is 0.260. The van der Waals surface area contributed by atoms with Gasteiger partial charge in [0.2, 0.25) is 0 Å². The predicted octanol–water partition coefficient (Wildman–Crippen LogP) is 2.83. The molecule has 0 aliphatic carbocycles. The highest BCUT2D eigenvalue weighted by molar-refractivity contribution is 7.18. The zero-order valence-electron chi connectivity index (χ0n) is 12.6. The molecule has 0 radical (unpaired) electrons. The minimum atomic E-state index is 0.471. The van der Waals surface area contributed by atoms with Gasteiger partial charge in [0.25, 0.3) is 0 Å². The summed E-state index contributed by atoms with van der Waals surface area (Å²) in [6.07, 6.45) is 6.75. The summed E-state index contributed by atoms with van der Waals surface area (Å²) in [4.78, 5) is 14.1. The van der Waals surface area contributed by atoms with E-state index >= 15 is 0 Å². The standard InChI is InChI=1S/C16H22N4S/c1-2-12-8-13-14(18-11-19-15(13)21-12)20-7-3-4-16(10-20)5-6-17-9-16/h8,11,17H,2-7,9-10H2,1H3. The van der Waals surface area contributed by atoms with E-state index in [1.165, 1.54) is 42.6 Å². The van der Waals surface area contributed by atoms with Crippen molar-refractivity contribution in [2.75, 3.05) is 31.1 Å². The van der Waals surface area contributed by atoms with Gasteiger partial charge in [-0.05, 0) is 38.3 Å². The molecule has 21 heavy (non-hydrogen) atoms. The van der Waals surface area contributed by atoms with Crippen LogP contribution in [0.4, 0.5) is 5.82 Å². The molecule has 4 nitrogen and oxygen atoms in total. The summed E-state index contributed by atoms with van der Waals surface area (Å²) in [5.41, 5.74) is 0.471. The van der Waals surface area contributed by atoms with Gasteiger partial charge in [-0.3, -0.25) is 0 Å². The van der Waals surface area contributed by atoms with E-state index in [2.05, 4.69) is 33.2 Å². The second-order valence-electron chi connectivity index (χ2n) is 6.43. The predicted molar refractivity (Wildman–Crippen MR) is 88.2 cm³/mol. The van der Waals surface area contributed by atoms with Crippen molar-refractivity contribution in [1.29, 1.82) is 0 Å². The van der Waals surface area contributed by atoms with Crippen molar-refractivity contribution in [1.82, 2.24) is 15.3 Å². The Bertz CT molecular complexity index is 645. The molecule has 4 rings (SSSR count). The van der Waals surface area contributed by atoms with Crippen LogP contribution in [0.3, 0.4) is 0 Å². The van der Waals surface area contributed by atoms with Crippen molar-refractivity contribution in [2.45, 2.75) is 32.6 Å². The molecule has 1 atom stereocenters. The van der Waals surface area contributed by atoms with E-state index < -0.39 is 0 Å². The normalized spacial score (nSPS) is 26.0. The summed E-state index contributed by atoms with van der Waals surface area (Å²) in [6, 6.07) is 2.30. The number of hydrogen-bond acceptors (Lipinski definition) is 5. The van der Waals surface area contributed by atoms with Crippen LogP contribution >= 0.6 is 11.3 Å². The van der Waals surface area contributed by atoms with Crippen LogP contribution in [0.1, 0.15) is 31.1 Å². The number of anilines is 1. The number of hydrogen-bond donors (Lipinski definition) is 1. The van der Waals surface area contributed by atoms with Crippen LogP contribution in [0.2, 0.25) is 0 Å². The Morgan fingerprint density at radius 3 is 3.14 bits per heavy atom. The molecular weight excluding hydrogens is 280 g/mol. The van der Waals surface area contributed by atoms with E-state index in [0.29, 0.717) is 5.41 Å². The summed E-state index contributed by atoms with van der Waals surface area (Å²) in [5, 5.41) is 4.80. The zero-order chi connectivity index (χ0) is 14.3. The minimum Gasteiger partial charge on any atom is -0.355 e. The number of nitrogens with zero attached hydrogens (tertiary/aromatic N) is 3. The van der Waals surface area contributed by atoms with E-state index in [-0.39, 0.29) is 0 Å². The molecule has 2 fully saturated rings. The molecule has 0 saturated carbocycles. The summed E-state index contributed by atoms with van der Waals surface area (Å²) >= 11 is 1.81. The number of nitrogens with one attached hydrogen (secondary N) is 1. The molecule has 4 heterocycles. The maximum atomic E-state index is 4.63. The second kappa shape index (κ2) is 5.21. The van der Waals surface area contributed by atoms with Crippen LogP contribution in [0, 0.1) is 5.41 Å². The fourth-order valence-electron chi connectivity index (χ4n) is 3.85. The Balaban J connectivity index is 1.70. The third kappa shape index (κ3) is 2.32. The van der Waals surface area contributed by atoms with Gasteiger partial charge in [-0.15, -0.1) is 11.3 Å². The molecular formula is C16H22N4S. The SMILES string of the molecule is CCc1cc2c(N3CCCC4(CCNC4)C3)ncnc2s1. The second-order valence-corrected chi connectivity index (χ2v) is 7.55. The van der Waals surface area contributed by atoms with Crippen LogP contribution in [0.5, 0.6) is 0 Å². The molecule has 5 heteroatoms. The fourth-order valence-corrected chi connectivity index (χ4v) is 4.78. The third-order valence-electron chi connectivity index (χ3n) is 5.00. The first-order valence-corrected chi connectivity index (χ1v) is 8.80. The lowest BCUT2D eigenvalue weighted by Gasteiger charge is -2.40. The molecule has 1 N–H and O–H groups in total. The van der Waals surface area contributed by atoms with E-state index in [4.69, 9.17) is 0 Å². The number of fused-ring (bicyclic) bond motifs is 1. The monoisotopic (exact) mass is 302 g/mol. The number of aromatic nitrogens is 2. The van der Waals surface area contributed by atoms with E-state index in [1.54, 1.807) is 6.33 Å². The first-order valence-electron chi connectivity index (χ1n) is 7.99. The van der Waals surface area contributed by atoms with Crippen LogP contribution < -0.4 is 10.2 Å². The number of thiophene rings is 1. The van der Waals surface area contributed by atoms with Crippen LogP contribution in [0.15, 0.2) is 12.4 Å². The van der Waals surface area contributed by atoms with Crippen molar-refractivity contribution >= 4 is 27.4 Å². The molecule has 0 bridgehead atoms. The topological polar surface area (TPSA) is 41.0 Å². The lowest BCUT2D eigenvalue weighted by atomic mass is 9.79. The van der Waals surface area contributed by atoms with Gasteiger partial charge in [-0.1, -0.05) is 6.92 Å². The molecule has 1 spiro atoms. The number of rotatable bonds is 2. The van der Waals surface area contributed by atoms with E-state index in [0.717, 1.165) is 30.2 Å². The Morgan fingerprint density at radius 1 is 1.38 bits per heavy atom. The molecule has 2 aromatic heterocycles. The van der Waals surface area contributed by atoms with Gasteiger partial charge >= 0.3 is 0 Å². The molecule has 0 aromatic carbocycles. The number of piperidine rings is 1. The highest BCUT2D eigenvalue weighted by Crippen LogP contribution is 2.39. The van der Waals surface area contributed by atoms with Crippen molar-refractivity contribution < 1.29 is 0 Å². The summed E-state index contributed by atoms with van der Waals surface area (Å²) < 4.78 is 0. The van der Waals surface area contributed by atoms with Crippen molar-refractivity contribution in [3.63, 3.8) is 0 Å². The van der Waals surface area contributed by atoms with Gasteiger partial charge < -0.3 is 10.2 Å². The maximum Gasteiger partial charge on any atom is 0.140 e. The van der Waals surface area contributed by atoms with Gasteiger partial charge in [-0.25, -0.2) is 9.97 Å². The van der Waals surface area contributed by atoms with Gasteiger partial charge in [0.1, 0.15) is 17.0 Å². The maximum absolute atomic E-state index is 4.63. The zero-order valence-corrected chi connectivity index (χ0v) is 13.4. The van der Waals surface area contributed by atoms with Crippen molar-refractivity contribution in [3.05, 3.63) is 17.3 Å². The third-order valence-corrected chi connectivity index (χ3v) is 6.19. The Labute approximate surface area is 129 Å². The quantitative estimate of drug-likeness (QED) is 0.926. The highest BCUT2D eigenvalue weighted by atomic mass is 32.1. The Hall–Kier alpha value is -1.20. The van der Waals surface area contributed by atoms with Crippen molar-refractivity contribution in [2.24, 2.45) is 5.41 Å². The number of aryl methyl sites for hydroxylation is 1. The van der Waals surface area contributed by atoms with Gasteiger partial charge in [-0.2, -0.15) is 0 Å². The smallest absolute Gasteiger partial charge is 0.140 e. The van der Waals surface area contributed by atoms with E-state index in [1.807, 2.05) is 11.3 Å². The highest BCUT2D eigenvalue weighted by Gasteiger charge is 2.38. The summed E-state index contributed by atoms with van der Waals surface area (Å²) in [7, 11) is 0. The molecule has 2 aromatic rings. The lowest BCUT2D eigenvalue weighted by Crippen LogP contribution is -2.44. The van der Waals surface area contributed by atoms with Crippen molar-refractivity contribution in [3.8, 4) is 0 Å². The Kier molecular flexibility index (Phi) is 3.34. The molecule has 112 valence electrons. The first kappa shape index (κ1) is 13.5. The largest absolute Gasteiger partial charge is 0.355 e. The average molecular weight is 302 g/mol. The van der Waals surface area contributed by atoms with Crippen LogP contribution in [-0.2, 0) is 6.42 Å². The molecule has 2 saturated heterocycles. The molecule has 0 amide bonds. The van der Waals surface area contributed by atoms with Crippen LogP contribution in [-0.4, -0.2) is 36.1 Å². The summed E-state index contributed by atoms with van der Waals surface area (Å²) in [5.74, 6) is 1.15. The molecule has 2 aliphatic heterocycles.